The molecule has 3 N–H and O–H groups in total. The molecular formula is C36H36ClN7O4. The molecule has 2 aliphatic heterocycles. The van der Waals surface area contributed by atoms with Gasteiger partial charge in [0.25, 0.3) is 0 Å². The van der Waals surface area contributed by atoms with E-state index in [0.717, 1.165) is 69.8 Å². The molecule has 1 fully saturated rings. The van der Waals surface area contributed by atoms with Gasteiger partial charge in [-0.25, -0.2) is 9.67 Å². The first-order chi connectivity index (χ1) is 23.5. The largest absolute Gasteiger partial charge is 0.496 e. The standard InChI is InChI=1S/C36H36ClN7O4/c1-46-31-16-22(17-32(47-2)28(31)19-38-18-21-10-13-33(45)42-21)44-30-9-5-6-23(27(30)20-41-44)24-7-4-8-25(34(24)37)29-12-11-26(36(43-29)48-3)35-39-14-15-40-35/h4-9,11-12,16-17,20-21,38H,10,13-15,18-19H2,1-3H3,(H,39,40)(H,42,45)/t21-/m0/s1. The maximum Gasteiger partial charge on any atom is 0.224 e. The van der Waals surface area contributed by atoms with Crippen LogP contribution in [0.15, 0.2) is 71.9 Å². The molecule has 2 aromatic heterocycles. The number of nitrogens with zero attached hydrogens (tertiary/aromatic N) is 4. The van der Waals surface area contributed by atoms with Gasteiger partial charge < -0.3 is 30.2 Å². The molecule has 0 aliphatic carbocycles. The van der Waals surface area contributed by atoms with Crippen molar-refractivity contribution in [3.05, 3.63) is 83.0 Å². The van der Waals surface area contributed by atoms with E-state index in [0.29, 0.717) is 47.6 Å². The number of rotatable bonds is 11. The highest BCUT2D eigenvalue weighted by Crippen LogP contribution is 2.40. The number of aromatic nitrogens is 3. The zero-order chi connectivity index (χ0) is 33.2. The molecule has 1 saturated heterocycles. The summed E-state index contributed by atoms with van der Waals surface area (Å²) in [5, 5.41) is 16.0. The highest BCUT2D eigenvalue weighted by molar-refractivity contribution is 6.36. The van der Waals surface area contributed by atoms with Gasteiger partial charge in [-0.15, -0.1) is 0 Å². The SMILES string of the molecule is COc1cc(-n2ncc3c(-c4cccc(-c5ccc(C6=NCCN6)c(OC)n5)c4Cl)cccc32)cc(OC)c1CNC[C@@H]1CCC(=O)N1. The Hall–Kier alpha value is -5.13. The minimum atomic E-state index is 0.0989. The van der Waals surface area contributed by atoms with Gasteiger partial charge in [0.2, 0.25) is 11.8 Å². The van der Waals surface area contributed by atoms with Crippen LogP contribution in [0.1, 0.15) is 24.0 Å². The van der Waals surface area contributed by atoms with Crippen molar-refractivity contribution in [1.29, 1.82) is 0 Å². The summed E-state index contributed by atoms with van der Waals surface area (Å²) in [6.45, 7) is 2.71. The zero-order valence-corrected chi connectivity index (χ0v) is 27.7. The fourth-order valence-electron chi connectivity index (χ4n) is 6.40. The van der Waals surface area contributed by atoms with Gasteiger partial charge in [-0.05, 0) is 30.2 Å². The van der Waals surface area contributed by atoms with Gasteiger partial charge in [-0.2, -0.15) is 5.10 Å². The van der Waals surface area contributed by atoms with Crippen molar-refractivity contribution in [3.63, 3.8) is 0 Å². The number of amidine groups is 1. The second kappa shape index (κ2) is 13.5. The minimum Gasteiger partial charge on any atom is -0.496 e. The molecule has 5 aromatic rings. The summed E-state index contributed by atoms with van der Waals surface area (Å²) in [7, 11) is 4.90. The van der Waals surface area contributed by atoms with Crippen LogP contribution in [0.25, 0.3) is 39.0 Å². The van der Waals surface area contributed by atoms with Crippen LogP contribution in [0.3, 0.4) is 0 Å². The third kappa shape index (κ3) is 5.91. The molecule has 7 rings (SSSR count). The summed E-state index contributed by atoms with van der Waals surface area (Å²) < 4.78 is 19.2. The highest BCUT2D eigenvalue weighted by atomic mass is 35.5. The predicted octanol–water partition coefficient (Wildman–Crippen LogP) is 5.15. The lowest BCUT2D eigenvalue weighted by molar-refractivity contribution is -0.119. The quantitative estimate of drug-likeness (QED) is 0.177. The van der Waals surface area contributed by atoms with Crippen molar-refractivity contribution in [2.24, 2.45) is 4.99 Å². The Morgan fingerprint density at radius 2 is 1.73 bits per heavy atom. The first-order valence-electron chi connectivity index (χ1n) is 15.8. The Labute approximate surface area is 283 Å². The van der Waals surface area contributed by atoms with Crippen LogP contribution >= 0.6 is 11.6 Å². The topological polar surface area (TPSA) is 124 Å². The smallest absolute Gasteiger partial charge is 0.224 e. The number of fused-ring (bicyclic) bond motifs is 1. The number of methoxy groups -OCH3 is 3. The fraction of sp³-hybridized carbons (Fsp3) is 0.278. The van der Waals surface area contributed by atoms with E-state index in [1.807, 2.05) is 71.5 Å². The van der Waals surface area contributed by atoms with Gasteiger partial charge in [-0.3, -0.25) is 9.79 Å². The Morgan fingerprint density at radius 3 is 2.44 bits per heavy atom. The Bertz CT molecular complexity index is 2020. The van der Waals surface area contributed by atoms with Gasteiger partial charge in [-0.1, -0.05) is 41.9 Å². The van der Waals surface area contributed by atoms with Gasteiger partial charge in [0.1, 0.15) is 17.3 Å². The molecule has 48 heavy (non-hydrogen) atoms. The van der Waals surface area contributed by atoms with E-state index < -0.39 is 0 Å². The molecular weight excluding hydrogens is 630 g/mol. The van der Waals surface area contributed by atoms with E-state index in [2.05, 4.69) is 20.9 Å². The fourth-order valence-corrected chi connectivity index (χ4v) is 6.73. The van der Waals surface area contributed by atoms with E-state index in [4.69, 9.17) is 35.9 Å². The van der Waals surface area contributed by atoms with E-state index in [-0.39, 0.29) is 11.9 Å². The van der Waals surface area contributed by atoms with Crippen LogP contribution in [-0.4, -0.2) is 73.5 Å². The van der Waals surface area contributed by atoms with E-state index in [9.17, 15) is 4.79 Å². The van der Waals surface area contributed by atoms with Crippen LogP contribution in [0.5, 0.6) is 17.4 Å². The van der Waals surface area contributed by atoms with Crippen LogP contribution in [-0.2, 0) is 11.3 Å². The highest BCUT2D eigenvalue weighted by Gasteiger charge is 2.22. The first-order valence-corrected chi connectivity index (χ1v) is 16.2. The lowest BCUT2D eigenvalue weighted by atomic mass is 9.98. The van der Waals surface area contributed by atoms with Crippen LogP contribution < -0.4 is 30.2 Å². The Kier molecular flexibility index (Phi) is 8.88. The third-order valence-electron chi connectivity index (χ3n) is 8.78. The lowest BCUT2D eigenvalue weighted by Crippen LogP contribution is -2.35. The molecule has 246 valence electrons. The second-order valence-corrected chi connectivity index (χ2v) is 12.0. The van der Waals surface area contributed by atoms with Crippen LogP contribution in [0.2, 0.25) is 5.02 Å². The van der Waals surface area contributed by atoms with Crippen LogP contribution in [0, 0.1) is 0 Å². The van der Waals surface area contributed by atoms with Crippen LogP contribution in [0.4, 0.5) is 0 Å². The normalized spacial score (nSPS) is 15.7. The van der Waals surface area contributed by atoms with Crippen molar-refractivity contribution < 1.29 is 19.0 Å². The molecule has 0 unspecified atom stereocenters. The zero-order valence-electron chi connectivity index (χ0n) is 27.0. The summed E-state index contributed by atoms with van der Waals surface area (Å²) in [6.07, 6.45) is 3.25. The van der Waals surface area contributed by atoms with Crippen molar-refractivity contribution in [2.45, 2.75) is 25.4 Å². The first kappa shape index (κ1) is 31.5. The molecule has 1 atom stereocenters. The number of pyridine rings is 1. The molecule has 0 bridgehead atoms. The summed E-state index contributed by atoms with van der Waals surface area (Å²) in [4.78, 5) is 20.9. The molecule has 1 amide bonds. The summed E-state index contributed by atoms with van der Waals surface area (Å²) in [6, 6.07) is 20.0. The van der Waals surface area contributed by atoms with E-state index in [1.54, 1.807) is 21.3 Å². The van der Waals surface area contributed by atoms with Gasteiger partial charge in [0, 0.05) is 60.7 Å². The number of benzene rings is 3. The average molecular weight is 666 g/mol. The number of halogens is 1. The van der Waals surface area contributed by atoms with E-state index >= 15 is 0 Å². The number of ether oxygens (including phenoxy) is 3. The molecule has 0 radical (unpaired) electrons. The van der Waals surface area contributed by atoms with Gasteiger partial charge >= 0.3 is 0 Å². The van der Waals surface area contributed by atoms with Crippen molar-refractivity contribution in [3.8, 4) is 45.5 Å². The molecule has 0 saturated carbocycles. The van der Waals surface area contributed by atoms with Crippen molar-refractivity contribution in [2.75, 3.05) is 41.0 Å². The minimum absolute atomic E-state index is 0.0989. The monoisotopic (exact) mass is 665 g/mol. The van der Waals surface area contributed by atoms with Crippen molar-refractivity contribution >= 4 is 34.2 Å². The number of amides is 1. The maximum absolute atomic E-state index is 11.6. The third-order valence-corrected chi connectivity index (χ3v) is 9.18. The number of carbonyl (C=O) groups is 1. The lowest BCUT2D eigenvalue weighted by Gasteiger charge is -2.18. The van der Waals surface area contributed by atoms with E-state index in [1.165, 1.54) is 0 Å². The molecule has 12 heteroatoms. The number of hydrogen-bond donors (Lipinski definition) is 3. The summed E-state index contributed by atoms with van der Waals surface area (Å²) in [5.74, 6) is 2.72. The molecule has 2 aliphatic rings. The Balaban J connectivity index is 1.21. The summed E-state index contributed by atoms with van der Waals surface area (Å²) in [5.41, 5.74) is 6.69. The molecule has 3 aromatic carbocycles. The number of aliphatic imine (C=N–C) groups is 1. The average Bonchev–Trinajstić information content (AvgIpc) is 3.90. The molecule has 0 spiro atoms. The maximum atomic E-state index is 11.6. The Morgan fingerprint density at radius 1 is 0.958 bits per heavy atom. The predicted molar refractivity (Wildman–Crippen MR) is 187 cm³/mol. The summed E-state index contributed by atoms with van der Waals surface area (Å²) >= 11 is 7.15. The molecule has 11 nitrogen and oxygen atoms in total. The number of nitrogens with one attached hydrogen (secondary N) is 3. The number of hydrogen-bond acceptors (Lipinski definition) is 9. The van der Waals surface area contributed by atoms with Crippen molar-refractivity contribution in [1.82, 2.24) is 30.7 Å². The van der Waals surface area contributed by atoms with Gasteiger partial charge in [0.05, 0.1) is 67.1 Å². The number of carbonyl (C=O) groups excluding carboxylic acids is 1. The second-order valence-electron chi connectivity index (χ2n) is 11.6. The van der Waals surface area contributed by atoms with Gasteiger partial charge in [0.15, 0.2) is 0 Å². The molecule has 4 heterocycles.